The van der Waals surface area contributed by atoms with Gasteiger partial charge in [-0.1, -0.05) is 12.1 Å². The number of amides is 1. The molecule has 1 aliphatic heterocycles. The summed E-state index contributed by atoms with van der Waals surface area (Å²) in [7, 11) is 3.88. The smallest absolute Gasteiger partial charge is 0.302 e. The molecule has 200 valence electrons. The van der Waals surface area contributed by atoms with Gasteiger partial charge in [-0.3, -0.25) is 14.5 Å². The summed E-state index contributed by atoms with van der Waals surface area (Å²) in [5, 5.41) is 11.5. The van der Waals surface area contributed by atoms with Crippen molar-refractivity contribution < 1.29 is 19.4 Å². The van der Waals surface area contributed by atoms with Crippen molar-refractivity contribution in [1.82, 2.24) is 9.97 Å². The fourth-order valence-electron chi connectivity index (χ4n) is 4.96. The summed E-state index contributed by atoms with van der Waals surface area (Å²) < 4.78 is 5.63. The second-order valence-electron chi connectivity index (χ2n) is 10.1. The number of hydrogen-bond acceptors (Lipinski definition) is 6. The predicted molar refractivity (Wildman–Crippen MR) is 153 cm³/mol. The van der Waals surface area contributed by atoms with Crippen molar-refractivity contribution in [2.24, 2.45) is 0 Å². The average Bonchev–Trinajstić information content (AvgIpc) is 3.42. The van der Waals surface area contributed by atoms with E-state index in [-0.39, 0.29) is 17.3 Å². The van der Waals surface area contributed by atoms with Crippen LogP contribution in [0.2, 0.25) is 0 Å². The fourth-order valence-corrected chi connectivity index (χ4v) is 4.96. The number of anilines is 2. The topological polar surface area (TPSA) is 98.8 Å². The molecule has 1 atom stereocenters. The summed E-state index contributed by atoms with van der Waals surface area (Å²) in [6, 6.07) is 15.8. The molecule has 0 bridgehead atoms. The molecule has 0 spiro atoms. The molecule has 3 aromatic carbocycles. The van der Waals surface area contributed by atoms with E-state index in [0.29, 0.717) is 29.0 Å². The van der Waals surface area contributed by atoms with Gasteiger partial charge in [-0.25, -0.2) is 4.98 Å². The van der Waals surface area contributed by atoms with Gasteiger partial charge in [0, 0.05) is 25.3 Å². The van der Waals surface area contributed by atoms with Crippen LogP contribution in [0.3, 0.4) is 0 Å². The highest BCUT2D eigenvalue weighted by Gasteiger charge is 2.48. The quantitative estimate of drug-likeness (QED) is 0.194. The number of aryl methyl sites for hydroxylation is 3. The Kier molecular flexibility index (Phi) is 6.64. The Labute approximate surface area is 227 Å². The van der Waals surface area contributed by atoms with Gasteiger partial charge in [-0.05, 0) is 92.4 Å². The number of ketones is 1. The molecule has 1 aliphatic rings. The first-order valence-electron chi connectivity index (χ1n) is 12.9. The molecule has 1 saturated heterocycles. The number of carbonyl (C=O) groups is 2. The number of H-pyrrole nitrogens is 1. The predicted octanol–water partition coefficient (Wildman–Crippen LogP) is 5.58. The number of benzene rings is 3. The van der Waals surface area contributed by atoms with Crippen molar-refractivity contribution in [3.8, 4) is 5.75 Å². The molecule has 1 aromatic heterocycles. The Bertz CT molecular complexity index is 1590. The van der Waals surface area contributed by atoms with Crippen molar-refractivity contribution in [2.45, 2.75) is 33.7 Å². The van der Waals surface area contributed by atoms with Crippen LogP contribution in [0.4, 0.5) is 11.6 Å². The van der Waals surface area contributed by atoms with Crippen molar-refractivity contribution >= 4 is 40.1 Å². The number of Topliss-reactive ketones (excluding diaryl/α,β-unsaturated/α-hetero) is 1. The number of aliphatic hydroxyl groups excluding tert-OH is 1. The van der Waals surface area contributed by atoms with E-state index in [1.807, 2.05) is 83.1 Å². The number of aromatic amines is 1. The highest BCUT2D eigenvalue weighted by Crippen LogP contribution is 2.42. The summed E-state index contributed by atoms with van der Waals surface area (Å²) in [4.78, 5) is 38.4. The number of fused-ring (bicyclic) bond motifs is 1. The minimum atomic E-state index is -0.879. The van der Waals surface area contributed by atoms with Crippen LogP contribution in [0.25, 0.3) is 16.8 Å². The first-order chi connectivity index (χ1) is 18.6. The largest absolute Gasteiger partial charge is 0.507 e. The summed E-state index contributed by atoms with van der Waals surface area (Å²) >= 11 is 0. The SMILES string of the molecule is CCOc1ccc(/C(O)=C2\C(=O)C(=O)N(c3nc4cc(C)c(C)cc4[nH]3)C2c2ccc(N(C)C)cc2)cc1C. The molecule has 4 aromatic rings. The lowest BCUT2D eigenvalue weighted by Crippen LogP contribution is -2.30. The third-order valence-electron chi connectivity index (χ3n) is 7.23. The zero-order chi connectivity index (χ0) is 28.0. The molecule has 0 radical (unpaired) electrons. The number of ether oxygens (including phenoxy) is 1. The molecule has 2 N–H and O–H groups in total. The lowest BCUT2D eigenvalue weighted by molar-refractivity contribution is -0.132. The van der Waals surface area contributed by atoms with Gasteiger partial charge >= 0.3 is 5.91 Å². The van der Waals surface area contributed by atoms with Crippen LogP contribution in [0.1, 0.15) is 40.8 Å². The maximum absolute atomic E-state index is 13.6. The van der Waals surface area contributed by atoms with Gasteiger partial charge in [0.1, 0.15) is 11.5 Å². The summed E-state index contributed by atoms with van der Waals surface area (Å²) in [6.45, 7) is 8.29. The molecule has 39 heavy (non-hydrogen) atoms. The van der Waals surface area contributed by atoms with E-state index in [9.17, 15) is 14.7 Å². The molecule has 2 heterocycles. The van der Waals surface area contributed by atoms with Crippen LogP contribution < -0.4 is 14.5 Å². The third-order valence-corrected chi connectivity index (χ3v) is 7.23. The number of nitrogens with one attached hydrogen (secondary N) is 1. The van der Waals surface area contributed by atoms with Crippen LogP contribution in [0, 0.1) is 20.8 Å². The zero-order valence-corrected chi connectivity index (χ0v) is 23.0. The van der Waals surface area contributed by atoms with Crippen molar-refractivity contribution in [3.63, 3.8) is 0 Å². The van der Waals surface area contributed by atoms with E-state index >= 15 is 0 Å². The van der Waals surface area contributed by atoms with E-state index in [2.05, 4.69) is 9.97 Å². The lowest BCUT2D eigenvalue weighted by atomic mass is 9.94. The zero-order valence-electron chi connectivity index (χ0n) is 23.0. The Morgan fingerprint density at radius 2 is 1.69 bits per heavy atom. The van der Waals surface area contributed by atoms with Crippen molar-refractivity contribution in [2.75, 3.05) is 30.5 Å². The van der Waals surface area contributed by atoms with E-state index in [0.717, 1.165) is 27.9 Å². The average molecular weight is 525 g/mol. The highest BCUT2D eigenvalue weighted by molar-refractivity contribution is 6.51. The van der Waals surface area contributed by atoms with E-state index in [4.69, 9.17) is 4.74 Å². The second-order valence-corrected chi connectivity index (χ2v) is 10.1. The normalized spacial score (nSPS) is 16.8. The number of nitrogens with zero attached hydrogens (tertiary/aromatic N) is 3. The number of carbonyl (C=O) groups excluding carboxylic acids is 2. The number of rotatable bonds is 6. The van der Waals surface area contributed by atoms with Gasteiger partial charge in [0.2, 0.25) is 5.95 Å². The number of aromatic nitrogens is 2. The molecule has 0 aliphatic carbocycles. The molecule has 0 saturated carbocycles. The van der Waals surface area contributed by atoms with Crippen LogP contribution >= 0.6 is 0 Å². The second kappa shape index (κ2) is 9.94. The molecule has 1 amide bonds. The van der Waals surface area contributed by atoms with Gasteiger partial charge in [-0.15, -0.1) is 0 Å². The van der Waals surface area contributed by atoms with Gasteiger partial charge in [0.15, 0.2) is 0 Å². The highest BCUT2D eigenvalue weighted by atomic mass is 16.5. The molecule has 8 heteroatoms. The molecular weight excluding hydrogens is 492 g/mol. The first-order valence-corrected chi connectivity index (χ1v) is 12.9. The van der Waals surface area contributed by atoms with Crippen LogP contribution in [-0.2, 0) is 9.59 Å². The van der Waals surface area contributed by atoms with E-state index in [1.165, 1.54) is 4.90 Å². The Balaban J connectivity index is 1.70. The van der Waals surface area contributed by atoms with Crippen molar-refractivity contribution in [1.29, 1.82) is 0 Å². The standard InChI is InChI=1S/C31H32N4O4/c1-7-39-25-13-10-21(14-19(25)4)28(36)26-27(20-8-11-22(12-9-20)34(5)6)35(30(38)29(26)37)31-32-23-15-17(2)18(3)16-24(23)33-31/h8-16,27,36H,7H2,1-6H3,(H,32,33)/b28-26+. The summed E-state index contributed by atoms with van der Waals surface area (Å²) in [5.41, 5.74) is 6.51. The molecule has 1 fully saturated rings. The van der Waals surface area contributed by atoms with Gasteiger partial charge in [0.25, 0.3) is 5.78 Å². The molecule has 8 nitrogen and oxygen atoms in total. The number of aliphatic hydroxyl groups is 1. The Hall–Kier alpha value is -4.59. The minimum absolute atomic E-state index is 0.00831. The Morgan fingerprint density at radius 3 is 2.33 bits per heavy atom. The van der Waals surface area contributed by atoms with Gasteiger partial charge in [0.05, 0.1) is 29.3 Å². The molecule has 5 rings (SSSR count). The number of imidazole rings is 1. The lowest BCUT2D eigenvalue weighted by Gasteiger charge is -2.24. The van der Waals surface area contributed by atoms with Gasteiger partial charge in [-0.2, -0.15) is 0 Å². The summed E-state index contributed by atoms with van der Waals surface area (Å²) in [6.07, 6.45) is 0. The maximum atomic E-state index is 13.6. The fraction of sp³-hybridized carbons (Fsp3) is 0.258. The summed E-state index contributed by atoms with van der Waals surface area (Å²) in [5.74, 6) is -0.827. The molecule has 1 unspecified atom stereocenters. The van der Waals surface area contributed by atoms with Crippen LogP contribution in [0.5, 0.6) is 5.75 Å². The first kappa shape index (κ1) is 26.0. The van der Waals surface area contributed by atoms with E-state index in [1.54, 1.807) is 18.2 Å². The maximum Gasteiger partial charge on any atom is 0.302 e. The van der Waals surface area contributed by atoms with Crippen LogP contribution in [-0.4, -0.2) is 47.5 Å². The van der Waals surface area contributed by atoms with Gasteiger partial charge < -0.3 is 19.7 Å². The Morgan fingerprint density at radius 1 is 1.00 bits per heavy atom. The minimum Gasteiger partial charge on any atom is -0.507 e. The molecular formula is C31H32N4O4. The number of hydrogen-bond donors (Lipinski definition) is 2. The van der Waals surface area contributed by atoms with Crippen molar-refractivity contribution in [3.05, 3.63) is 88.0 Å². The van der Waals surface area contributed by atoms with E-state index < -0.39 is 17.7 Å². The third kappa shape index (κ3) is 4.52. The monoisotopic (exact) mass is 524 g/mol. The van der Waals surface area contributed by atoms with Crippen LogP contribution in [0.15, 0.2) is 60.2 Å².